The highest BCUT2D eigenvalue weighted by Crippen LogP contribution is 2.16. The molecule has 1 unspecified atom stereocenters. The third-order valence-electron chi connectivity index (χ3n) is 13.1. The summed E-state index contributed by atoms with van der Waals surface area (Å²) in [5, 5.41) is 0. The van der Waals surface area contributed by atoms with Crippen molar-refractivity contribution in [3.63, 3.8) is 0 Å². The highest BCUT2D eigenvalue weighted by Gasteiger charge is 2.19. The molecule has 0 rings (SSSR count). The lowest BCUT2D eigenvalue weighted by atomic mass is 10.0. The van der Waals surface area contributed by atoms with Gasteiger partial charge in [0, 0.05) is 19.3 Å². The van der Waals surface area contributed by atoms with E-state index in [9.17, 15) is 14.4 Å². The zero-order chi connectivity index (χ0) is 52.9. The predicted molar refractivity (Wildman–Crippen MR) is 316 cm³/mol. The first kappa shape index (κ1) is 69.3. The Kier molecular flexibility index (Phi) is 57.8. The van der Waals surface area contributed by atoms with Gasteiger partial charge in [0.05, 0.1) is 0 Å². The van der Waals surface area contributed by atoms with Gasteiger partial charge < -0.3 is 14.2 Å². The molecule has 0 spiro atoms. The zero-order valence-corrected chi connectivity index (χ0v) is 47.9. The summed E-state index contributed by atoms with van der Waals surface area (Å²) in [6.45, 7) is 6.50. The number of ether oxygens (including phenoxy) is 3. The summed E-state index contributed by atoms with van der Waals surface area (Å²) < 4.78 is 16.9. The molecule has 0 fully saturated rings. The smallest absolute Gasteiger partial charge is 0.306 e. The fourth-order valence-electron chi connectivity index (χ4n) is 8.48. The molecule has 6 nitrogen and oxygen atoms in total. The number of unbranched alkanes of at least 4 members (excludes halogenated alkanes) is 28. The second-order valence-corrected chi connectivity index (χ2v) is 20.2. The maximum atomic E-state index is 12.9. The predicted octanol–water partition coefficient (Wildman–Crippen LogP) is 20.9. The summed E-state index contributed by atoms with van der Waals surface area (Å²) in [6.07, 6.45) is 81.2. The molecule has 0 bridgehead atoms. The topological polar surface area (TPSA) is 78.9 Å². The second kappa shape index (κ2) is 60.9. The number of hydrogen-bond acceptors (Lipinski definition) is 6. The van der Waals surface area contributed by atoms with Crippen molar-refractivity contribution in [2.75, 3.05) is 13.2 Å². The van der Waals surface area contributed by atoms with Crippen molar-refractivity contribution in [1.29, 1.82) is 0 Å². The molecular formula is C67H114O6. The SMILES string of the molecule is CC/C=C\C/C=C\C/C=C\C/C=C\C/C=C\C/C=C\C/C=C\CCCCCC(=O)OCC(COC(=O)CCCCCCC/C=C\CCCCCC)OC(=O)CCCCCCCCCCCCCCCCCCC. The van der Waals surface area contributed by atoms with E-state index in [1.807, 2.05) is 0 Å². The van der Waals surface area contributed by atoms with Crippen molar-refractivity contribution in [2.24, 2.45) is 0 Å². The molecule has 0 aliphatic rings. The molecule has 0 aromatic carbocycles. The van der Waals surface area contributed by atoms with Crippen molar-refractivity contribution in [1.82, 2.24) is 0 Å². The Balaban J connectivity index is 4.41. The standard InChI is InChI=1S/C67H114O6/c1-4-7-10-13-16-19-22-25-27-29-30-31-32-33-34-35-36-38-39-42-45-48-51-54-57-60-66(69)72-63-64(62-71-65(68)59-56-53-50-47-44-41-24-21-18-15-12-9-6-3)73-67(70)61-58-55-52-49-46-43-40-37-28-26-23-20-17-14-11-8-5-2/h7,10,16,19,21,24-25,27,30-31,33-34,36,38,42,45,64H,4-6,8-9,11-15,17-18,20,22-23,26,28-29,32,35,37,39-41,43-44,46-63H2,1-3H3/b10-7-,19-16-,24-21-,27-25-,31-30-,34-33-,38-36-,45-42-. The summed E-state index contributed by atoms with van der Waals surface area (Å²) in [4.78, 5) is 38.2. The maximum Gasteiger partial charge on any atom is 0.306 e. The van der Waals surface area contributed by atoms with Crippen molar-refractivity contribution in [3.05, 3.63) is 97.2 Å². The quantitative estimate of drug-likeness (QED) is 0.0261. The first-order valence-electron chi connectivity index (χ1n) is 30.7. The molecule has 0 aliphatic carbocycles. The Labute approximate surface area is 451 Å². The van der Waals surface area contributed by atoms with E-state index >= 15 is 0 Å². The molecule has 6 heteroatoms. The molecule has 73 heavy (non-hydrogen) atoms. The Bertz CT molecular complexity index is 1440. The molecule has 0 aromatic rings. The van der Waals surface area contributed by atoms with Crippen LogP contribution < -0.4 is 0 Å². The Hall–Kier alpha value is -3.67. The average molecular weight is 1020 g/mol. The van der Waals surface area contributed by atoms with Gasteiger partial charge in [0.25, 0.3) is 0 Å². The van der Waals surface area contributed by atoms with Crippen molar-refractivity contribution in [3.8, 4) is 0 Å². The monoisotopic (exact) mass is 1010 g/mol. The van der Waals surface area contributed by atoms with Crippen LogP contribution in [0.25, 0.3) is 0 Å². The van der Waals surface area contributed by atoms with E-state index in [2.05, 4.69) is 118 Å². The van der Waals surface area contributed by atoms with Crippen LogP contribution in [-0.2, 0) is 28.6 Å². The summed E-state index contributed by atoms with van der Waals surface area (Å²) in [5.74, 6) is -0.924. The number of carbonyl (C=O) groups is 3. The highest BCUT2D eigenvalue weighted by atomic mass is 16.6. The number of hydrogen-bond donors (Lipinski definition) is 0. The summed E-state index contributed by atoms with van der Waals surface area (Å²) in [6, 6.07) is 0. The van der Waals surface area contributed by atoms with Crippen LogP contribution in [0, 0.1) is 0 Å². The lowest BCUT2D eigenvalue weighted by Gasteiger charge is -2.18. The van der Waals surface area contributed by atoms with Crippen LogP contribution >= 0.6 is 0 Å². The van der Waals surface area contributed by atoms with Gasteiger partial charge in [0.2, 0.25) is 0 Å². The van der Waals surface area contributed by atoms with Gasteiger partial charge in [0.15, 0.2) is 6.10 Å². The lowest BCUT2D eigenvalue weighted by Crippen LogP contribution is -2.30. The van der Waals surface area contributed by atoms with E-state index in [1.165, 1.54) is 135 Å². The summed E-state index contributed by atoms with van der Waals surface area (Å²) >= 11 is 0. The second-order valence-electron chi connectivity index (χ2n) is 20.2. The van der Waals surface area contributed by atoms with Gasteiger partial charge in [-0.15, -0.1) is 0 Å². The summed E-state index contributed by atoms with van der Waals surface area (Å²) in [5.41, 5.74) is 0. The van der Waals surface area contributed by atoms with Crippen molar-refractivity contribution in [2.45, 2.75) is 297 Å². The number of rotatable bonds is 55. The number of allylic oxidation sites excluding steroid dienone is 16. The fraction of sp³-hybridized carbons (Fsp3) is 0.716. The molecule has 0 amide bonds. The van der Waals surface area contributed by atoms with Crippen LogP contribution in [-0.4, -0.2) is 37.2 Å². The molecule has 0 aliphatic heterocycles. The van der Waals surface area contributed by atoms with E-state index in [0.29, 0.717) is 19.3 Å². The molecule has 0 heterocycles. The van der Waals surface area contributed by atoms with Crippen LogP contribution in [0.3, 0.4) is 0 Å². The first-order valence-corrected chi connectivity index (χ1v) is 30.7. The van der Waals surface area contributed by atoms with E-state index in [0.717, 1.165) is 116 Å². The zero-order valence-electron chi connectivity index (χ0n) is 47.9. The van der Waals surface area contributed by atoms with E-state index in [1.54, 1.807) is 0 Å². The van der Waals surface area contributed by atoms with Crippen LogP contribution in [0.2, 0.25) is 0 Å². The van der Waals surface area contributed by atoms with Gasteiger partial charge in [-0.3, -0.25) is 14.4 Å². The van der Waals surface area contributed by atoms with Crippen molar-refractivity contribution >= 4 is 17.9 Å². The molecule has 0 aromatic heterocycles. The van der Waals surface area contributed by atoms with Crippen LogP contribution in [0.5, 0.6) is 0 Å². The average Bonchev–Trinajstić information content (AvgIpc) is 3.39. The molecule has 0 saturated carbocycles. The van der Waals surface area contributed by atoms with E-state index in [4.69, 9.17) is 14.2 Å². The third kappa shape index (κ3) is 59.1. The molecule has 0 radical (unpaired) electrons. The molecule has 1 atom stereocenters. The lowest BCUT2D eigenvalue weighted by molar-refractivity contribution is -0.167. The number of esters is 3. The highest BCUT2D eigenvalue weighted by molar-refractivity contribution is 5.71. The van der Waals surface area contributed by atoms with Gasteiger partial charge in [-0.2, -0.15) is 0 Å². The molecule has 0 saturated heterocycles. The van der Waals surface area contributed by atoms with Crippen LogP contribution in [0.4, 0.5) is 0 Å². The van der Waals surface area contributed by atoms with Crippen LogP contribution in [0.15, 0.2) is 97.2 Å². The van der Waals surface area contributed by atoms with Gasteiger partial charge in [0.1, 0.15) is 13.2 Å². The van der Waals surface area contributed by atoms with E-state index in [-0.39, 0.29) is 31.1 Å². The fourth-order valence-corrected chi connectivity index (χ4v) is 8.48. The summed E-state index contributed by atoms with van der Waals surface area (Å²) in [7, 11) is 0. The minimum Gasteiger partial charge on any atom is -0.462 e. The van der Waals surface area contributed by atoms with Gasteiger partial charge >= 0.3 is 17.9 Å². The molecule has 418 valence electrons. The van der Waals surface area contributed by atoms with Gasteiger partial charge in [-0.1, -0.05) is 266 Å². The van der Waals surface area contributed by atoms with Gasteiger partial charge in [-0.25, -0.2) is 0 Å². The van der Waals surface area contributed by atoms with Gasteiger partial charge in [-0.05, 0) is 103 Å². The Morgan fingerprint density at radius 2 is 0.534 bits per heavy atom. The Morgan fingerprint density at radius 3 is 0.877 bits per heavy atom. The Morgan fingerprint density at radius 1 is 0.288 bits per heavy atom. The minimum atomic E-state index is -0.794. The number of carbonyl (C=O) groups excluding carboxylic acids is 3. The third-order valence-corrected chi connectivity index (χ3v) is 13.1. The van der Waals surface area contributed by atoms with Crippen molar-refractivity contribution < 1.29 is 28.6 Å². The molecular weight excluding hydrogens is 901 g/mol. The van der Waals surface area contributed by atoms with E-state index < -0.39 is 6.10 Å². The normalized spacial score (nSPS) is 12.8. The van der Waals surface area contributed by atoms with Crippen LogP contribution in [0.1, 0.15) is 290 Å². The maximum absolute atomic E-state index is 12.9. The molecule has 0 N–H and O–H groups in total. The largest absolute Gasteiger partial charge is 0.462 e. The minimum absolute atomic E-state index is 0.0907. The first-order chi connectivity index (χ1) is 36.0.